The van der Waals surface area contributed by atoms with E-state index >= 15 is 0 Å². The van der Waals surface area contributed by atoms with E-state index in [4.69, 9.17) is 14.0 Å². The summed E-state index contributed by atoms with van der Waals surface area (Å²) in [6, 6.07) is 21.2. The lowest BCUT2D eigenvalue weighted by molar-refractivity contribution is 0.0319. The Morgan fingerprint density at radius 1 is 0.968 bits per heavy atom. The van der Waals surface area contributed by atoms with Crippen LogP contribution in [0.15, 0.2) is 77.3 Å². The molecule has 0 aliphatic rings. The van der Waals surface area contributed by atoms with Gasteiger partial charge in [0.05, 0.1) is 17.6 Å². The van der Waals surface area contributed by atoms with E-state index in [-0.39, 0.29) is 5.78 Å². The predicted molar refractivity (Wildman–Crippen MR) is 116 cm³/mol. The van der Waals surface area contributed by atoms with Crippen molar-refractivity contribution in [1.29, 1.82) is 0 Å². The van der Waals surface area contributed by atoms with Gasteiger partial charge in [0.25, 0.3) is 0 Å². The highest BCUT2D eigenvalue weighted by molar-refractivity contribution is 6.03. The van der Waals surface area contributed by atoms with Crippen molar-refractivity contribution in [2.24, 2.45) is 0 Å². The van der Waals surface area contributed by atoms with Crippen LogP contribution in [0.4, 0.5) is 0 Å². The van der Waals surface area contributed by atoms with Gasteiger partial charge in [-0.1, -0.05) is 35.5 Å². The number of esters is 1. The monoisotopic (exact) mass is 415 g/mol. The second-order valence-electron chi connectivity index (χ2n) is 6.98. The maximum absolute atomic E-state index is 12.7. The van der Waals surface area contributed by atoms with Gasteiger partial charge in [-0.15, -0.1) is 0 Å². The van der Waals surface area contributed by atoms with Gasteiger partial charge < -0.3 is 14.0 Å². The molecular weight excluding hydrogens is 394 g/mol. The average Bonchev–Trinajstić information content (AvgIpc) is 3.23. The maximum Gasteiger partial charge on any atom is 0.338 e. The van der Waals surface area contributed by atoms with E-state index in [1.165, 1.54) is 0 Å². The summed E-state index contributed by atoms with van der Waals surface area (Å²) in [4.78, 5) is 25.3. The van der Waals surface area contributed by atoms with Crippen LogP contribution in [0.25, 0.3) is 22.2 Å². The van der Waals surface area contributed by atoms with Crippen molar-refractivity contribution in [2.75, 3.05) is 6.61 Å². The molecular formula is C25H21NO5. The van der Waals surface area contributed by atoms with E-state index in [0.717, 1.165) is 5.56 Å². The first-order chi connectivity index (χ1) is 15.1. The first-order valence-corrected chi connectivity index (χ1v) is 9.99. The molecule has 0 N–H and O–H groups in total. The molecule has 4 aromatic rings. The van der Waals surface area contributed by atoms with Gasteiger partial charge in [0.1, 0.15) is 11.3 Å². The van der Waals surface area contributed by atoms with E-state index < -0.39 is 12.1 Å². The van der Waals surface area contributed by atoms with E-state index in [9.17, 15) is 9.59 Å². The van der Waals surface area contributed by atoms with Gasteiger partial charge in [0.2, 0.25) is 5.78 Å². The minimum atomic E-state index is -0.933. The Kier molecular flexibility index (Phi) is 5.80. The fourth-order valence-electron chi connectivity index (χ4n) is 3.27. The molecule has 1 aromatic heterocycles. The summed E-state index contributed by atoms with van der Waals surface area (Å²) in [5, 5.41) is 4.75. The third kappa shape index (κ3) is 4.33. The number of hydrogen-bond donors (Lipinski definition) is 0. The molecule has 6 nitrogen and oxygen atoms in total. The summed E-state index contributed by atoms with van der Waals surface area (Å²) in [7, 11) is 0. The number of fused-ring (bicyclic) bond motifs is 1. The number of carbonyl (C=O) groups excluding carboxylic acids is 2. The Morgan fingerprint density at radius 3 is 2.39 bits per heavy atom. The number of hydrogen-bond acceptors (Lipinski definition) is 6. The molecule has 0 saturated heterocycles. The Morgan fingerprint density at radius 2 is 1.68 bits per heavy atom. The summed E-state index contributed by atoms with van der Waals surface area (Å²) >= 11 is 0. The third-order valence-corrected chi connectivity index (χ3v) is 4.85. The summed E-state index contributed by atoms with van der Waals surface area (Å²) in [5.41, 5.74) is 2.26. The second-order valence-corrected chi connectivity index (χ2v) is 6.98. The van der Waals surface area contributed by atoms with E-state index in [2.05, 4.69) is 5.16 Å². The van der Waals surface area contributed by atoms with Crippen LogP contribution in [0, 0.1) is 0 Å². The molecule has 0 fully saturated rings. The zero-order valence-electron chi connectivity index (χ0n) is 17.2. The van der Waals surface area contributed by atoms with Gasteiger partial charge in [-0.2, -0.15) is 0 Å². The van der Waals surface area contributed by atoms with Crippen LogP contribution < -0.4 is 4.74 Å². The van der Waals surface area contributed by atoms with Crippen LogP contribution in [0.1, 0.15) is 34.6 Å². The zero-order valence-corrected chi connectivity index (χ0v) is 17.2. The Hall–Kier alpha value is -3.93. The van der Waals surface area contributed by atoms with E-state index in [1.807, 2.05) is 37.3 Å². The molecule has 0 radical (unpaired) electrons. The number of nitrogens with zero attached hydrogens (tertiary/aromatic N) is 1. The minimum absolute atomic E-state index is 0.285. The smallest absolute Gasteiger partial charge is 0.338 e. The molecule has 0 bridgehead atoms. The lowest BCUT2D eigenvalue weighted by Crippen LogP contribution is -2.24. The van der Waals surface area contributed by atoms with Crippen molar-refractivity contribution in [3.63, 3.8) is 0 Å². The number of aromatic nitrogens is 1. The highest BCUT2D eigenvalue weighted by Gasteiger charge is 2.21. The van der Waals surface area contributed by atoms with Crippen LogP contribution in [0.5, 0.6) is 5.75 Å². The zero-order chi connectivity index (χ0) is 21.8. The molecule has 4 rings (SSSR count). The summed E-state index contributed by atoms with van der Waals surface area (Å²) in [5.74, 6) is 0.380. The van der Waals surface area contributed by atoms with Gasteiger partial charge in [-0.05, 0) is 56.3 Å². The number of ether oxygens (including phenoxy) is 2. The van der Waals surface area contributed by atoms with Gasteiger partial charge in [-0.3, -0.25) is 4.79 Å². The Balaban J connectivity index is 1.52. The Bertz CT molecular complexity index is 1210. The SMILES string of the molecule is CCOc1ccc(C(=O)[C@H](C)OC(=O)c2ccc3noc(-c4ccccc4)c3c2)cc1. The first-order valence-electron chi connectivity index (χ1n) is 9.99. The molecule has 0 aliphatic carbocycles. The number of benzene rings is 3. The fourth-order valence-corrected chi connectivity index (χ4v) is 3.27. The summed E-state index contributed by atoms with van der Waals surface area (Å²) < 4.78 is 16.3. The summed E-state index contributed by atoms with van der Waals surface area (Å²) in [6.07, 6.45) is -0.933. The van der Waals surface area contributed by atoms with Crippen molar-refractivity contribution in [2.45, 2.75) is 20.0 Å². The maximum atomic E-state index is 12.7. The molecule has 6 heteroatoms. The molecule has 1 heterocycles. The second kappa shape index (κ2) is 8.83. The van der Waals surface area contributed by atoms with Crippen LogP contribution in [0.3, 0.4) is 0 Å². The van der Waals surface area contributed by atoms with Gasteiger partial charge >= 0.3 is 5.97 Å². The largest absolute Gasteiger partial charge is 0.494 e. The quantitative estimate of drug-likeness (QED) is 0.300. The van der Waals surface area contributed by atoms with Crippen molar-refractivity contribution < 1.29 is 23.6 Å². The van der Waals surface area contributed by atoms with Crippen molar-refractivity contribution in [3.8, 4) is 17.1 Å². The van der Waals surface area contributed by atoms with Crippen molar-refractivity contribution in [3.05, 3.63) is 83.9 Å². The van der Waals surface area contributed by atoms with Gasteiger partial charge in [0, 0.05) is 11.1 Å². The fraction of sp³-hybridized carbons (Fsp3) is 0.160. The molecule has 0 spiro atoms. The minimum Gasteiger partial charge on any atom is -0.494 e. The summed E-state index contributed by atoms with van der Waals surface area (Å²) in [6.45, 7) is 3.99. The molecule has 0 amide bonds. The van der Waals surface area contributed by atoms with Crippen LogP contribution in [0.2, 0.25) is 0 Å². The van der Waals surface area contributed by atoms with E-state index in [1.54, 1.807) is 49.4 Å². The van der Waals surface area contributed by atoms with Crippen molar-refractivity contribution in [1.82, 2.24) is 5.16 Å². The molecule has 3 aromatic carbocycles. The number of rotatable bonds is 7. The molecule has 156 valence electrons. The number of Topliss-reactive ketones (excluding diaryl/α,β-unsaturated/α-hetero) is 1. The van der Waals surface area contributed by atoms with Gasteiger partial charge in [0.15, 0.2) is 11.9 Å². The standard InChI is InChI=1S/C25H21NO5/c1-3-29-20-12-9-17(10-13-20)23(27)16(2)30-25(28)19-11-14-22-21(15-19)24(31-26-22)18-7-5-4-6-8-18/h4-16H,3H2,1-2H3/t16-/m0/s1. The first kappa shape index (κ1) is 20.3. The number of carbonyl (C=O) groups is 2. The molecule has 1 atom stereocenters. The highest BCUT2D eigenvalue weighted by Crippen LogP contribution is 2.29. The Labute approximate surface area is 179 Å². The van der Waals surface area contributed by atoms with Crippen molar-refractivity contribution >= 4 is 22.7 Å². The predicted octanol–water partition coefficient (Wildman–Crippen LogP) is 5.32. The lowest BCUT2D eigenvalue weighted by atomic mass is 10.1. The topological polar surface area (TPSA) is 78.6 Å². The van der Waals surface area contributed by atoms with Gasteiger partial charge in [-0.25, -0.2) is 4.79 Å². The molecule has 0 unspecified atom stereocenters. The van der Waals surface area contributed by atoms with Crippen LogP contribution in [-0.4, -0.2) is 29.6 Å². The lowest BCUT2D eigenvalue weighted by Gasteiger charge is -2.13. The van der Waals surface area contributed by atoms with Crippen LogP contribution in [-0.2, 0) is 4.74 Å². The number of ketones is 1. The molecule has 31 heavy (non-hydrogen) atoms. The normalized spacial score (nSPS) is 11.8. The average molecular weight is 415 g/mol. The third-order valence-electron chi connectivity index (χ3n) is 4.85. The van der Waals surface area contributed by atoms with Crippen LogP contribution >= 0.6 is 0 Å². The highest BCUT2D eigenvalue weighted by atomic mass is 16.5. The molecule has 0 saturated carbocycles. The van der Waals surface area contributed by atoms with E-state index in [0.29, 0.717) is 40.1 Å². The molecule has 0 aliphatic heterocycles.